The molecular weight excluding hydrogens is 451 g/mol. The molecule has 0 saturated heterocycles. The predicted molar refractivity (Wildman–Crippen MR) is 120 cm³/mol. The van der Waals surface area contributed by atoms with Crippen LogP contribution in [-0.4, -0.2) is 39.9 Å². The van der Waals surface area contributed by atoms with E-state index in [9.17, 15) is 22.8 Å². The standard InChI is InChI=1S/C25H26F3NO5/c1-5-12-24(23(31)34-4)19(18-8-6-7-9-21(18)33-3)14-16-13-17(25(26,27)28)10-11-20(16)29(15-32-2)22(24)30/h5-11,13,19H,1,12,14-15H2,2-4H3. The molecule has 2 aromatic rings. The number of carbonyl (C=O) groups excluding carboxylic acids is 2. The van der Waals surface area contributed by atoms with Gasteiger partial charge in [-0.15, -0.1) is 6.58 Å². The zero-order valence-electron chi connectivity index (χ0n) is 19.1. The van der Waals surface area contributed by atoms with Crippen LogP contribution in [0.4, 0.5) is 18.9 Å². The van der Waals surface area contributed by atoms with Gasteiger partial charge in [-0.05, 0) is 48.2 Å². The third kappa shape index (κ3) is 4.27. The molecule has 34 heavy (non-hydrogen) atoms. The summed E-state index contributed by atoms with van der Waals surface area (Å²) in [7, 11) is 3.96. The summed E-state index contributed by atoms with van der Waals surface area (Å²) in [5, 5.41) is 0. The first-order valence-corrected chi connectivity index (χ1v) is 10.5. The first kappa shape index (κ1) is 25.3. The highest BCUT2D eigenvalue weighted by atomic mass is 19.4. The molecule has 0 spiro atoms. The Morgan fingerprint density at radius 1 is 1.21 bits per heavy atom. The molecule has 1 aliphatic rings. The number of para-hydroxylation sites is 1. The summed E-state index contributed by atoms with van der Waals surface area (Å²) in [4.78, 5) is 28.7. The molecule has 0 radical (unpaired) electrons. The molecule has 0 N–H and O–H groups in total. The molecule has 9 heteroatoms. The summed E-state index contributed by atoms with van der Waals surface area (Å²) in [5.41, 5.74) is -1.71. The van der Waals surface area contributed by atoms with Gasteiger partial charge in [0.1, 0.15) is 12.5 Å². The second-order valence-electron chi connectivity index (χ2n) is 7.95. The molecule has 0 saturated carbocycles. The summed E-state index contributed by atoms with van der Waals surface area (Å²) < 4.78 is 56.5. The third-order valence-electron chi connectivity index (χ3n) is 6.13. The zero-order valence-corrected chi connectivity index (χ0v) is 19.1. The van der Waals surface area contributed by atoms with E-state index in [0.29, 0.717) is 11.3 Å². The summed E-state index contributed by atoms with van der Waals surface area (Å²) in [6.07, 6.45) is -3.33. The number of carbonyl (C=O) groups is 2. The molecule has 2 atom stereocenters. The Labute approximate surface area is 195 Å². The van der Waals surface area contributed by atoms with Crippen LogP contribution in [0.2, 0.25) is 0 Å². The van der Waals surface area contributed by atoms with Crippen molar-refractivity contribution >= 4 is 17.6 Å². The van der Waals surface area contributed by atoms with Gasteiger partial charge in [0.15, 0.2) is 5.41 Å². The fourth-order valence-corrected chi connectivity index (χ4v) is 4.62. The lowest BCUT2D eigenvalue weighted by atomic mass is 9.67. The molecule has 1 aliphatic heterocycles. The highest BCUT2D eigenvalue weighted by Gasteiger charge is 2.57. The number of alkyl halides is 3. The Hall–Kier alpha value is -3.33. The van der Waals surface area contributed by atoms with Gasteiger partial charge < -0.3 is 14.2 Å². The van der Waals surface area contributed by atoms with Gasteiger partial charge in [0, 0.05) is 18.7 Å². The summed E-state index contributed by atoms with van der Waals surface area (Å²) in [5.74, 6) is -1.99. The summed E-state index contributed by atoms with van der Waals surface area (Å²) in [6, 6.07) is 9.94. The van der Waals surface area contributed by atoms with Gasteiger partial charge in [0.05, 0.1) is 19.8 Å². The summed E-state index contributed by atoms with van der Waals surface area (Å²) >= 11 is 0. The quantitative estimate of drug-likeness (QED) is 0.328. The van der Waals surface area contributed by atoms with Crippen LogP contribution < -0.4 is 9.64 Å². The molecule has 0 bridgehead atoms. The number of halogens is 3. The lowest BCUT2D eigenvalue weighted by molar-refractivity contribution is -0.160. The van der Waals surface area contributed by atoms with Gasteiger partial charge in [-0.2, -0.15) is 13.2 Å². The van der Waals surface area contributed by atoms with E-state index in [2.05, 4.69) is 6.58 Å². The van der Waals surface area contributed by atoms with Crippen molar-refractivity contribution in [3.63, 3.8) is 0 Å². The zero-order chi connectivity index (χ0) is 25.1. The lowest BCUT2D eigenvalue weighted by Crippen LogP contribution is -2.52. The number of amides is 1. The van der Waals surface area contributed by atoms with E-state index in [1.165, 1.54) is 38.4 Å². The van der Waals surface area contributed by atoms with Gasteiger partial charge >= 0.3 is 12.1 Å². The van der Waals surface area contributed by atoms with Gasteiger partial charge in [-0.3, -0.25) is 14.5 Å². The second-order valence-corrected chi connectivity index (χ2v) is 7.95. The minimum atomic E-state index is -4.59. The topological polar surface area (TPSA) is 65.1 Å². The number of nitrogens with zero attached hydrogens (tertiary/aromatic N) is 1. The number of methoxy groups -OCH3 is 3. The maximum absolute atomic E-state index is 14.1. The maximum Gasteiger partial charge on any atom is 0.416 e. The van der Waals surface area contributed by atoms with Crippen molar-refractivity contribution in [1.82, 2.24) is 0 Å². The van der Waals surface area contributed by atoms with Gasteiger partial charge in [0.25, 0.3) is 0 Å². The number of anilines is 1. The average Bonchev–Trinajstić information content (AvgIpc) is 2.92. The first-order chi connectivity index (χ1) is 16.1. The van der Waals surface area contributed by atoms with Crippen LogP contribution >= 0.6 is 0 Å². The second kappa shape index (κ2) is 9.89. The fourth-order valence-electron chi connectivity index (χ4n) is 4.62. The monoisotopic (exact) mass is 477 g/mol. The number of rotatable bonds is 7. The van der Waals surface area contributed by atoms with Crippen LogP contribution in [0.25, 0.3) is 0 Å². The van der Waals surface area contributed by atoms with E-state index in [0.717, 1.165) is 12.1 Å². The largest absolute Gasteiger partial charge is 0.496 e. The predicted octanol–water partition coefficient (Wildman–Crippen LogP) is 4.73. The Balaban J connectivity index is 2.39. The summed E-state index contributed by atoms with van der Waals surface area (Å²) in [6.45, 7) is 3.46. The molecule has 0 fully saturated rings. The molecule has 3 rings (SSSR count). The van der Waals surface area contributed by atoms with Crippen molar-refractivity contribution < 1.29 is 37.0 Å². The first-order valence-electron chi connectivity index (χ1n) is 10.5. The Morgan fingerprint density at radius 2 is 1.91 bits per heavy atom. The highest BCUT2D eigenvalue weighted by molar-refractivity contribution is 6.12. The molecule has 182 valence electrons. The van der Waals surface area contributed by atoms with E-state index in [4.69, 9.17) is 14.2 Å². The van der Waals surface area contributed by atoms with Crippen molar-refractivity contribution in [1.29, 1.82) is 0 Å². The van der Waals surface area contributed by atoms with Crippen molar-refractivity contribution in [3.8, 4) is 5.75 Å². The van der Waals surface area contributed by atoms with Crippen molar-refractivity contribution in [2.45, 2.75) is 24.9 Å². The van der Waals surface area contributed by atoms with E-state index >= 15 is 0 Å². The molecule has 0 aromatic heterocycles. The van der Waals surface area contributed by atoms with Crippen molar-refractivity contribution in [2.24, 2.45) is 5.41 Å². The van der Waals surface area contributed by atoms with Crippen LogP contribution in [0.5, 0.6) is 5.75 Å². The SMILES string of the molecule is C=CCC1(C(=O)OC)C(=O)N(COC)c2ccc(C(F)(F)F)cc2CC1c1ccccc1OC. The van der Waals surface area contributed by atoms with Crippen molar-refractivity contribution in [3.05, 3.63) is 71.8 Å². The maximum atomic E-state index is 14.1. The number of benzene rings is 2. The number of esters is 1. The number of hydrogen-bond donors (Lipinski definition) is 0. The van der Waals surface area contributed by atoms with Gasteiger partial charge in [0.2, 0.25) is 5.91 Å². The molecule has 6 nitrogen and oxygen atoms in total. The van der Waals surface area contributed by atoms with Crippen LogP contribution in [0.1, 0.15) is 29.0 Å². The Bertz CT molecular complexity index is 1080. The smallest absolute Gasteiger partial charge is 0.416 e. The average molecular weight is 477 g/mol. The third-order valence-corrected chi connectivity index (χ3v) is 6.13. The van der Waals surface area contributed by atoms with E-state index in [1.54, 1.807) is 24.3 Å². The van der Waals surface area contributed by atoms with Crippen LogP contribution in [-0.2, 0) is 31.7 Å². The Morgan fingerprint density at radius 3 is 2.50 bits per heavy atom. The minimum Gasteiger partial charge on any atom is -0.496 e. The number of allylic oxidation sites excluding steroid dienone is 1. The molecule has 1 heterocycles. The lowest BCUT2D eigenvalue weighted by Gasteiger charge is -2.37. The molecule has 2 aromatic carbocycles. The van der Waals surface area contributed by atoms with E-state index in [1.807, 2.05) is 0 Å². The fraction of sp³-hybridized carbons (Fsp3) is 0.360. The van der Waals surface area contributed by atoms with E-state index < -0.39 is 34.9 Å². The number of hydrogen-bond acceptors (Lipinski definition) is 5. The molecule has 0 aliphatic carbocycles. The van der Waals surface area contributed by atoms with Crippen LogP contribution in [0.3, 0.4) is 0 Å². The van der Waals surface area contributed by atoms with Crippen molar-refractivity contribution in [2.75, 3.05) is 33.0 Å². The molecule has 2 unspecified atom stereocenters. The number of fused-ring (bicyclic) bond motifs is 1. The van der Waals surface area contributed by atoms with Gasteiger partial charge in [-0.25, -0.2) is 0 Å². The Kier molecular flexibility index (Phi) is 7.35. The number of ether oxygens (including phenoxy) is 3. The van der Waals surface area contributed by atoms with Gasteiger partial charge in [-0.1, -0.05) is 24.3 Å². The minimum absolute atomic E-state index is 0.0610. The molecule has 1 amide bonds. The molecular formula is C25H26F3NO5. The highest BCUT2D eigenvalue weighted by Crippen LogP contribution is 2.51. The van der Waals surface area contributed by atoms with Crippen LogP contribution in [0, 0.1) is 5.41 Å². The normalized spacial score (nSPS) is 20.4. The van der Waals surface area contributed by atoms with E-state index in [-0.39, 0.29) is 30.8 Å². The van der Waals surface area contributed by atoms with Crippen LogP contribution in [0.15, 0.2) is 55.1 Å².